The molecule has 45 heavy (non-hydrogen) atoms. The molecule has 0 aliphatic heterocycles. The quantitative estimate of drug-likeness (QED) is 0.257. The van der Waals surface area contributed by atoms with Crippen LogP contribution in [0.4, 0.5) is 11.9 Å². The van der Waals surface area contributed by atoms with Gasteiger partial charge in [-0.25, -0.2) is 24.7 Å². The minimum atomic E-state index is -0.942. The number of carboxylic acid groups (broad SMARTS) is 1. The molecule has 2 aromatic carbocycles. The van der Waals surface area contributed by atoms with Crippen molar-refractivity contribution in [1.29, 1.82) is 0 Å². The van der Waals surface area contributed by atoms with Crippen LogP contribution in [0.25, 0.3) is 33.1 Å². The molecule has 0 aliphatic carbocycles. The van der Waals surface area contributed by atoms with Crippen LogP contribution < -0.4 is 11.1 Å². The van der Waals surface area contributed by atoms with Crippen LogP contribution in [-0.4, -0.2) is 55.7 Å². The third kappa shape index (κ3) is 6.08. The molecule has 0 unspecified atom stereocenters. The summed E-state index contributed by atoms with van der Waals surface area (Å²) in [6.45, 7) is 0. The van der Waals surface area contributed by atoms with Gasteiger partial charge in [0.1, 0.15) is 11.3 Å². The number of aromatic carboxylic acids is 1. The smallest absolute Gasteiger partial charge is 0.337 e. The maximum atomic E-state index is 12.3. The van der Waals surface area contributed by atoms with Gasteiger partial charge >= 0.3 is 5.97 Å². The lowest BCUT2D eigenvalue weighted by Crippen LogP contribution is -2.15. The molecule has 0 atom stereocenters. The Hall–Kier alpha value is -6.76. The molecule has 8 aromatic rings. The number of nitrogens with two attached hydrogens (primary N) is 1. The second-order valence-electron chi connectivity index (χ2n) is 9.42. The maximum Gasteiger partial charge on any atom is 0.337 e. The van der Waals surface area contributed by atoms with Gasteiger partial charge in [0.05, 0.1) is 22.2 Å². The predicted octanol–water partition coefficient (Wildman–Crippen LogP) is 4.77. The number of aromatic nitrogens is 8. The lowest BCUT2D eigenvalue weighted by Gasteiger charge is -2.09. The zero-order valence-electron chi connectivity index (χ0n) is 23.5. The van der Waals surface area contributed by atoms with Crippen molar-refractivity contribution in [2.45, 2.75) is 0 Å². The molecule has 4 N–H and O–H groups in total. The zero-order valence-corrected chi connectivity index (χ0v) is 23.5. The van der Waals surface area contributed by atoms with Crippen LogP contribution in [0.5, 0.6) is 0 Å². The largest absolute Gasteiger partial charge is 0.478 e. The molecule has 0 aliphatic rings. The van der Waals surface area contributed by atoms with Gasteiger partial charge in [-0.2, -0.15) is 0 Å². The second-order valence-corrected chi connectivity index (χ2v) is 9.42. The SMILES string of the molecule is Nc1nc2ccccc2c2nccn12.O=C(Nc1nc2ccccc2c2nccn12)c1cccnc1.O=C(O)c1cccnc1. The van der Waals surface area contributed by atoms with Crippen molar-refractivity contribution in [3.8, 4) is 0 Å². The molecule has 6 heterocycles. The van der Waals surface area contributed by atoms with Crippen molar-refractivity contribution in [3.63, 3.8) is 0 Å². The molecule has 6 aromatic heterocycles. The lowest BCUT2D eigenvalue weighted by molar-refractivity contribution is 0.0696. The Morgan fingerprint density at radius 1 is 0.667 bits per heavy atom. The van der Waals surface area contributed by atoms with E-state index in [0.29, 0.717) is 17.5 Å². The van der Waals surface area contributed by atoms with Gasteiger partial charge < -0.3 is 10.8 Å². The molecular formula is C32H24N10O3. The summed E-state index contributed by atoms with van der Waals surface area (Å²) in [5, 5.41) is 13.1. The van der Waals surface area contributed by atoms with E-state index in [1.165, 1.54) is 24.7 Å². The van der Waals surface area contributed by atoms with Gasteiger partial charge in [0.2, 0.25) is 11.9 Å². The van der Waals surface area contributed by atoms with Gasteiger partial charge in [-0.1, -0.05) is 24.3 Å². The van der Waals surface area contributed by atoms with E-state index in [2.05, 4.69) is 35.2 Å². The van der Waals surface area contributed by atoms with Crippen molar-refractivity contribution >= 4 is 56.9 Å². The van der Waals surface area contributed by atoms with Crippen LogP contribution >= 0.6 is 0 Å². The monoisotopic (exact) mass is 596 g/mol. The van der Waals surface area contributed by atoms with Crippen molar-refractivity contribution in [2.75, 3.05) is 11.1 Å². The van der Waals surface area contributed by atoms with Crippen molar-refractivity contribution in [3.05, 3.63) is 133 Å². The van der Waals surface area contributed by atoms with E-state index in [1.54, 1.807) is 51.8 Å². The first kappa shape index (κ1) is 28.4. The molecule has 0 saturated heterocycles. The van der Waals surface area contributed by atoms with E-state index in [9.17, 15) is 9.59 Å². The fourth-order valence-corrected chi connectivity index (χ4v) is 4.48. The molecule has 0 fully saturated rings. The zero-order chi connectivity index (χ0) is 31.2. The summed E-state index contributed by atoms with van der Waals surface area (Å²) < 4.78 is 3.54. The lowest BCUT2D eigenvalue weighted by atomic mass is 10.2. The van der Waals surface area contributed by atoms with E-state index >= 15 is 0 Å². The molecule has 0 radical (unpaired) electrons. The number of nitrogens with one attached hydrogen (secondary N) is 1. The van der Waals surface area contributed by atoms with E-state index in [-0.39, 0.29) is 11.5 Å². The Labute approximate surface area is 254 Å². The fraction of sp³-hybridized carbons (Fsp3) is 0. The van der Waals surface area contributed by atoms with Crippen LogP contribution in [0, 0.1) is 0 Å². The maximum absolute atomic E-state index is 12.3. The minimum Gasteiger partial charge on any atom is -0.478 e. The van der Waals surface area contributed by atoms with Crippen LogP contribution in [-0.2, 0) is 0 Å². The highest BCUT2D eigenvalue weighted by Crippen LogP contribution is 2.21. The number of anilines is 2. The third-order valence-corrected chi connectivity index (χ3v) is 6.57. The number of carbonyl (C=O) groups excluding carboxylic acids is 1. The number of para-hydroxylation sites is 2. The van der Waals surface area contributed by atoms with E-state index in [4.69, 9.17) is 10.8 Å². The molecular weight excluding hydrogens is 572 g/mol. The predicted molar refractivity (Wildman–Crippen MR) is 169 cm³/mol. The Bertz CT molecular complexity index is 2270. The number of amides is 1. The highest BCUT2D eigenvalue weighted by Gasteiger charge is 2.12. The number of rotatable bonds is 3. The first-order chi connectivity index (χ1) is 22.0. The van der Waals surface area contributed by atoms with Crippen molar-refractivity contribution < 1.29 is 14.7 Å². The van der Waals surface area contributed by atoms with E-state index < -0.39 is 5.97 Å². The van der Waals surface area contributed by atoms with Crippen LogP contribution in [0.2, 0.25) is 0 Å². The molecule has 0 saturated carbocycles. The van der Waals surface area contributed by atoms with Gasteiger partial charge in [0.15, 0.2) is 0 Å². The molecule has 1 amide bonds. The Balaban J connectivity index is 0.000000132. The van der Waals surface area contributed by atoms with Crippen LogP contribution in [0.15, 0.2) is 122 Å². The van der Waals surface area contributed by atoms with Gasteiger partial charge in [-0.15, -0.1) is 0 Å². The summed E-state index contributed by atoms with van der Waals surface area (Å²) in [6.07, 6.45) is 13.0. The Morgan fingerprint density at radius 2 is 1.22 bits per heavy atom. The van der Waals surface area contributed by atoms with Crippen LogP contribution in [0.1, 0.15) is 20.7 Å². The average Bonchev–Trinajstić information content (AvgIpc) is 3.78. The molecule has 0 bridgehead atoms. The molecule has 220 valence electrons. The number of hydrogen-bond acceptors (Lipinski definition) is 9. The van der Waals surface area contributed by atoms with Gasteiger partial charge in [0.25, 0.3) is 5.91 Å². The number of nitrogen functional groups attached to an aromatic ring is 1. The summed E-state index contributed by atoms with van der Waals surface area (Å²) in [5.41, 5.74) is 9.75. The summed E-state index contributed by atoms with van der Waals surface area (Å²) in [5.74, 6) is -0.301. The number of nitrogens with zero attached hydrogens (tertiary/aromatic N) is 8. The van der Waals surface area contributed by atoms with Gasteiger partial charge in [0, 0.05) is 60.3 Å². The number of carboxylic acids is 1. The van der Waals surface area contributed by atoms with Crippen molar-refractivity contribution in [1.82, 2.24) is 38.7 Å². The second kappa shape index (κ2) is 12.6. The molecule has 13 nitrogen and oxygen atoms in total. The summed E-state index contributed by atoms with van der Waals surface area (Å²) in [6, 6.07) is 22.0. The summed E-state index contributed by atoms with van der Waals surface area (Å²) in [4.78, 5) is 47.4. The van der Waals surface area contributed by atoms with Crippen molar-refractivity contribution in [2.24, 2.45) is 0 Å². The van der Waals surface area contributed by atoms with Gasteiger partial charge in [-0.3, -0.25) is 28.9 Å². The highest BCUT2D eigenvalue weighted by molar-refractivity contribution is 6.04. The standard InChI is InChI=1S/C16H11N5O.C10H8N4.C6H5NO2/c22-15(11-4-3-7-17-10-11)20-16-19-13-6-2-1-5-12(13)14-18-8-9-21(14)16;11-10-13-8-4-2-1-3-7(8)9-12-5-6-14(9)10;8-6(9)5-2-1-3-7-4-5/h1-10H,(H,19,20,22);1-6H,(H2,11,13);1-4H,(H,8,9). The first-order valence-corrected chi connectivity index (χ1v) is 13.5. The fourth-order valence-electron chi connectivity index (χ4n) is 4.48. The highest BCUT2D eigenvalue weighted by atomic mass is 16.4. The summed E-state index contributed by atoms with van der Waals surface area (Å²) in [7, 11) is 0. The normalized spacial score (nSPS) is 10.6. The third-order valence-electron chi connectivity index (χ3n) is 6.57. The van der Waals surface area contributed by atoms with Gasteiger partial charge in [-0.05, 0) is 48.5 Å². The number of benzene rings is 2. The molecule has 0 spiro atoms. The van der Waals surface area contributed by atoms with E-state index in [0.717, 1.165) is 33.1 Å². The average molecular weight is 597 g/mol. The topological polar surface area (TPSA) is 179 Å². The van der Waals surface area contributed by atoms with Crippen LogP contribution in [0.3, 0.4) is 0 Å². The number of pyridine rings is 2. The number of imidazole rings is 2. The summed E-state index contributed by atoms with van der Waals surface area (Å²) >= 11 is 0. The minimum absolute atomic E-state index is 0.220. The van der Waals surface area contributed by atoms with E-state index in [1.807, 2.05) is 54.7 Å². The number of fused-ring (bicyclic) bond motifs is 6. The first-order valence-electron chi connectivity index (χ1n) is 13.5. The number of carbonyl (C=O) groups is 2. The number of hydrogen-bond donors (Lipinski definition) is 3. The molecule has 8 rings (SSSR count). The molecule has 13 heteroatoms. The Kier molecular flexibility index (Phi) is 7.96. The Morgan fingerprint density at radius 3 is 1.80 bits per heavy atom.